The highest BCUT2D eigenvalue weighted by Crippen LogP contribution is 2.18. The standard InChI is InChI=1S/C14H22N2O2S/c1-16(8-11-18-10-5-9-17-2)13-7-4-3-6-12(13)14(15)19/h3-4,6-7H,5,8-11H2,1-2H3,(H2,15,19). The van der Waals surface area contributed by atoms with Crippen LogP contribution in [0.1, 0.15) is 12.0 Å². The predicted molar refractivity (Wildman–Crippen MR) is 82.9 cm³/mol. The Hall–Kier alpha value is -1.17. The van der Waals surface area contributed by atoms with Crippen molar-refractivity contribution in [1.82, 2.24) is 0 Å². The van der Waals surface area contributed by atoms with Crippen LogP contribution in [0.5, 0.6) is 0 Å². The number of ether oxygens (including phenoxy) is 2. The van der Waals surface area contributed by atoms with Gasteiger partial charge >= 0.3 is 0 Å². The second-order valence-electron chi connectivity index (χ2n) is 4.26. The summed E-state index contributed by atoms with van der Waals surface area (Å²) in [5.74, 6) is 0. The molecule has 0 heterocycles. The van der Waals surface area contributed by atoms with Crippen molar-refractivity contribution in [2.24, 2.45) is 5.73 Å². The van der Waals surface area contributed by atoms with Gasteiger partial charge in [0.25, 0.3) is 0 Å². The third kappa shape index (κ3) is 5.55. The number of methoxy groups -OCH3 is 1. The van der Waals surface area contributed by atoms with Gasteiger partial charge in [-0.15, -0.1) is 0 Å². The van der Waals surface area contributed by atoms with Crippen LogP contribution in [0.15, 0.2) is 24.3 Å². The quantitative estimate of drug-likeness (QED) is 0.553. The fraction of sp³-hybridized carbons (Fsp3) is 0.500. The van der Waals surface area contributed by atoms with Crippen LogP contribution in [0.4, 0.5) is 5.69 Å². The number of nitrogens with two attached hydrogens (primary N) is 1. The Morgan fingerprint density at radius 3 is 2.68 bits per heavy atom. The number of rotatable bonds is 9. The third-order valence-electron chi connectivity index (χ3n) is 2.79. The molecule has 0 atom stereocenters. The van der Waals surface area contributed by atoms with Crippen molar-refractivity contribution in [3.8, 4) is 0 Å². The molecule has 2 N–H and O–H groups in total. The maximum atomic E-state index is 5.72. The van der Waals surface area contributed by atoms with Gasteiger partial charge in [-0.3, -0.25) is 0 Å². The van der Waals surface area contributed by atoms with Crippen LogP contribution in [0.3, 0.4) is 0 Å². The molecular formula is C14H22N2O2S. The molecule has 0 bridgehead atoms. The van der Waals surface area contributed by atoms with Crippen LogP contribution < -0.4 is 10.6 Å². The lowest BCUT2D eigenvalue weighted by Gasteiger charge is -2.22. The first kappa shape index (κ1) is 15.9. The van der Waals surface area contributed by atoms with Gasteiger partial charge in [0, 0.05) is 45.2 Å². The molecule has 106 valence electrons. The number of thiocarbonyl (C=S) groups is 1. The highest BCUT2D eigenvalue weighted by atomic mass is 32.1. The van der Waals surface area contributed by atoms with Crippen LogP contribution in [-0.4, -0.2) is 45.5 Å². The summed E-state index contributed by atoms with van der Waals surface area (Å²) in [6.45, 7) is 2.93. The molecule has 1 aromatic rings. The second kappa shape index (κ2) is 8.85. The molecule has 0 aliphatic rings. The molecule has 0 aliphatic heterocycles. The zero-order chi connectivity index (χ0) is 14.1. The number of nitrogens with zero attached hydrogens (tertiary/aromatic N) is 1. The van der Waals surface area contributed by atoms with Crippen molar-refractivity contribution in [3.05, 3.63) is 29.8 Å². The SMILES string of the molecule is COCCCOCCN(C)c1ccccc1C(N)=S. The van der Waals surface area contributed by atoms with Gasteiger partial charge in [0.2, 0.25) is 0 Å². The maximum Gasteiger partial charge on any atom is 0.106 e. The number of hydrogen-bond acceptors (Lipinski definition) is 4. The first-order valence-corrected chi connectivity index (χ1v) is 6.74. The Balaban J connectivity index is 2.41. The van der Waals surface area contributed by atoms with E-state index in [1.165, 1.54) is 0 Å². The summed E-state index contributed by atoms with van der Waals surface area (Å²) in [5.41, 5.74) is 7.66. The summed E-state index contributed by atoms with van der Waals surface area (Å²) < 4.78 is 10.5. The minimum atomic E-state index is 0.420. The van der Waals surface area contributed by atoms with Gasteiger partial charge in [-0.1, -0.05) is 24.4 Å². The molecule has 0 radical (unpaired) electrons. The summed E-state index contributed by atoms with van der Waals surface area (Å²) in [7, 11) is 3.70. The van der Waals surface area contributed by atoms with E-state index in [1.807, 2.05) is 31.3 Å². The topological polar surface area (TPSA) is 47.7 Å². The maximum absolute atomic E-state index is 5.72. The fourth-order valence-electron chi connectivity index (χ4n) is 1.74. The van der Waals surface area contributed by atoms with E-state index in [0.717, 1.165) is 37.4 Å². The first-order chi connectivity index (χ1) is 9.16. The lowest BCUT2D eigenvalue weighted by molar-refractivity contribution is 0.107. The molecule has 0 fully saturated rings. The van der Waals surface area contributed by atoms with Crippen molar-refractivity contribution in [3.63, 3.8) is 0 Å². The zero-order valence-electron chi connectivity index (χ0n) is 11.6. The van der Waals surface area contributed by atoms with Crippen molar-refractivity contribution in [2.45, 2.75) is 6.42 Å². The van der Waals surface area contributed by atoms with Gasteiger partial charge in [0.05, 0.1) is 6.61 Å². The molecule has 0 aromatic heterocycles. The third-order valence-corrected chi connectivity index (χ3v) is 3.01. The molecule has 4 nitrogen and oxygen atoms in total. The van der Waals surface area contributed by atoms with Crippen molar-refractivity contribution in [2.75, 3.05) is 45.4 Å². The van der Waals surface area contributed by atoms with E-state index in [9.17, 15) is 0 Å². The van der Waals surface area contributed by atoms with Crippen molar-refractivity contribution in [1.29, 1.82) is 0 Å². The molecule has 0 aliphatic carbocycles. The predicted octanol–water partition coefficient (Wildman–Crippen LogP) is 1.81. The number of hydrogen-bond donors (Lipinski definition) is 1. The number of para-hydroxylation sites is 1. The van der Waals surface area contributed by atoms with E-state index in [2.05, 4.69) is 4.90 Å². The summed E-state index contributed by atoms with van der Waals surface area (Å²) in [6, 6.07) is 7.87. The number of benzene rings is 1. The highest BCUT2D eigenvalue weighted by Gasteiger charge is 2.08. The largest absolute Gasteiger partial charge is 0.389 e. The summed E-state index contributed by atoms with van der Waals surface area (Å²) in [5, 5.41) is 0. The Morgan fingerprint density at radius 2 is 2.00 bits per heavy atom. The first-order valence-electron chi connectivity index (χ1n) is 6.33. The average Bonchev–Trinajstić information content (AvgIpc) is 2.42. The van der Waals surface area contributed by atoms with Crippen molar-refractivity contribution < 1.29 is 9.47 Å². The van der Waals surface area contributed by atoms with Crippen LogP contribution in [-0.2, 0) is 9.47 Å². The number of anilines is 1. The molecule has 1 rings (SSSR count). The Bertz CT molecular complexity index is 399. The fourth-order valence-corrected chi connectivity index (χ4v) is 1.92. The molecule has 0 amide bonds. The molecule has 1 aromatic carbocycles. The van der Waals surface area contributed by atoms with Crippen LogP contribution in [0.2, 0.25) is 0 Å². The van der Waals surface area contributed by atoms with Crippen LogP contribution in [0.25, 0.3) is 0 Å². The van der Waals surface area contributed by atoms with Gasteiger partial charge < -0.3 is 20.1 Å². The van der Waals surface area contributed by atoms with E-state index in [4.69, 9.17) is 27.4 Å². The van der Waals surface area contributed by atoms with Gasteiger partial charge in [0.15, 0.2) is 0 Å². The number of likely N-dealkylation sites (N-methyl/N-ethyl adjacent to an activating group) is 1. The highest BCUT2D eigenvalue weighted by molar-refractivity contribution is 7.80. The average molecular weight is 282 g/mol. The van der Waals surface area contributed by atoms with Gasteiger partial charge in [-0.2, -0.15) is 0 Å². The van der Waals surface area contributed by atoms with Crippen molar-refractivity contribution >= 4 is 22.9 Å². The minimum Gasteiger partial charge on any atom is -0.389 e. The lowest BCUT2D eigenvalue weighted by Crippen LogP contribution is -2.25. The monoisotopic (exact) mass is 282 g/mol. The Labute approximate surface area is 120 Å². The van der Waals surface area contributed by atoms with Gasteiger partial charge in [0.1, 0.15) is 4.99 Å². The van der Waals surface area contributed by atoms with Crippen LogP contribution >= 0.6 is 12.2 Å². The zero-order valence-corrected chi connectivity index (χ0v) is 12.4. The molecule has 5 heteroatoms. The van der Waals surface area contributed by atoms with E-state index in [-0.39, 0.29) is 0 Å². The minimum absolute atomic E-state index is 0.420. The van der Waals surface area contributed by atoms with Crippen LogP contribution in [0, 0.1) is 0 Å². The normalized spacial score (nSPS) is 10.4. The smallest absolute Gasteiger partial charge is 0.106 e. The Kier molecular flexibility index (Phi) is 7.40. The molecule has 0 unspecified atom stereocenters. The summed E-state index contributed by atoms with van der Waals surface area (Å²) in [6.07, 6.45) is 0.920. The van der Waals surface area contributed by atoms with Gasteiger partial charge in [-0.05, 0) is 18.6 Å². The summed E-state index contributed by atoms with van der Waals surface area (Å²) in [4.78, 5) is 2.52. The molecule has 19 heavy (non-hydrogen) atoms. The summed E-state index contributed by atoms with van der Waals surface area (Å²) >= 11 is 5.06. The van der Waals surface area contributed by atoms with Gasteiger partial charge in [-0.25, -0.2) is 0 Å². The lowest BCUT2D eigenvalue weighted by atomic mass is 10.1. The molecule has 0 spiro atoms. The second-order valence-corrected chi connectivity index (χ2v) is 4.70. The van der Waals surface area contributed by atoms with E-state index >= 15 is 0 Å². The molecule has 0 saturated heterocycles. The molecule has 0 saturated carbocycles. The van der Waals surface area contributed by atoms with E-state index in [1.54, 1.807) is 7.11 Å². The Morgan fingerprint density at radius 1 is 1.26 bits per heavy atom. The van der Waals surface area contributed by atoms with E-state index < -0.39 is 0 Å². The molecular weight excluding hydrogens is 260 g/mol. The van der Waals surface area contributed by atoms with E-state index in [0.29, 0.717) is 11.6 Å².